The van der Waals surface area contributed by atoms with E-state index in [-0.39, 0.29) is 5.69 Å². The molecule has 0 saturated carbocycles. The Kier molecular flexibility index (Phi) is 3.74. The molecule has 0 aliphatic heterocycles. The fourth-order valence-corrected chi connectivity index (χ4v) is 1.82. The van der Waals surface area contributed by atoms with Gasteiger partial charge in [-0.3, -0.25) is 14.4 Å². The summed E-state index contributed by atoms with van der Waals surface area (Å²) in [6, 6.07) is 4.39. The molecule has 1 aromatic carbocycles. The smallest absolute Gasteiger partial charge is 0.258 e. The molecule has 0 heterocycles. The highest BCUT2D eigenvalue weighted by atomic mass is 35.5. The van der Waals surface area contributed by atoms with Crippen molar-refractivity contribution in [1.82, 2.24) is 4.31 Å². The molecular weight excluding hydrogens is 224 g/mol. The Morgan fingerprint density at radius 1 is 1.50 bits per heavy atom. The topological polar surface area (TPSA) is 46.4 Å². The maximum absolute atomic E-state index is 10.5. The number of nitro groups is 1. The van der Waals surface area contributed by atoms with Gasteiger partial charge in [0, 0.05) is 17.0 Å². The fraction of sp³-hybridized carbons (Fsp3) is 0.250. The summed E-state index contributed by atoms with van der Waals surface area (Å²) in [5.41, 5.74) is 0.0544. The van der Waals surface area contributed by atoms with E-state index in [4.69, 9.17) is 11.6 Å². The second kappa shape index (κ2) is 4.63. The first-order chi connectivity index (χ1) is 6.50. The predicted molar refractivity (Wildman–Crippen MR) is 57.7 cm³/mol. The van der Waals surface area contributed by atoms with E-state index >= 15 is 0 Å². The van der Waals surface area contributed by atoms with Crippen molar-refractivity contribution in [2.45, 2.75) is 4.90 Å². The quantitative estimate of drug-likeness (QED) is 0.457. The van der Waals surface area contributed by atoms with Gasteiger partial charge in [-0.2, -0.15) is 0 Å². The summed E-state index contributed by atoms with van der Waals surface area (Å²) in [6.07, 6.45) is 0. The molecule has 0 aliphatic carbocycles. The first-order valence-corrected chi connectivity index (χ1v) is 4.95. The van der Waals surface area contributed by atoms with Crippen LogP contribution in [0.15, 0.2) is 23.1 Å². The van der Waals surface area contributed by atoms with Crippen LogP contribution in [0.25, 0.3) is 0 Å². The van der Waals surface area contributed by atoms with Crippen molar-refractivity contribution in [2.24, 2.45) is 0 Å². The molecule has 4 nitrogen and oxygen atoms in total. The third-order valence-corrected chi connectivity index (χ3v) is 2.75. The summed E-state index contributed by atoms with van der Waals surface area (Å²) in [5.74, 6) is 0. The van der Waals surface area contributed by atoms with Gasteiger partial charge in [0.15, 0.2) is 0 Å². The van der Waals surface area contributed by atoms with E-state index in [1.54, 1.807) is 0 Å². The lowest BCUT2D eigenvalue weighted by molar-refractivity contribution is -0.385. The van der Waals surface area contributed by atoms with E-state index in [9.17, 15) is 10.1 Å². The van der Waals surface area contributed by atoms with Gasteiger partial charge in [0.25, 0.3) is 5.69 Å². The van der Waals surface area contributed by atoms with E-state index in [0.717, 1.165) is 0 Å². The molecule has 0 radical (unpaired) electrons. The third kappa shape index (κ3) is 2.87. The molecule has 0 aliphatic rings. The third-order valence-electron chi connectivity index (χ3n) is 1.41. The number of halogens is 1. The minimum absolute atomic E-state index is 0.0544. The number of nitrogens with zero attached hydrogens (tertiary/aromatic N) is 2. The average molecular weight is 233 g/mol. The van der Waals surface area contributed by atoms with Gasteiger partial charge in [0.05, 0.1) is 9.95 Å². The highest BCUT2D eigenvalue weighted by Gasteiger charge is 2.10. The molecule has 0 fully saturated rings. The molecule has 0 spiro atoms. The largest absolute Gasteiger partial charge is 0.270 e. The zero-order valence-electron chi connectivity index (χ0n) is 7.73. The molecule has 0 aromatic heterocycles. The number of nitro benzene ring substituents is 1. The number of benzene rings is 1. The van der Waals surface area contributed by atoms with Gasteiger partial charge in [-0.25, -0.2) is 0 Å². The van der Waals surface area contributed by atoms with Gasteiger partial charge in [-0.05, 0) is 32.1 Å². The molecule has 0 N–H and O–H groups in total. The van der Waals surface area contributed by atoms with Gasteiger partial charge in [-0.15, -0.1) is 0 Å². The summed E-state index contributed by atoms with van der Waals surface area (Å²) in [5, 5.41) is 11.0. The zero-order valence-corrected chi connectivity index (χ0v) is 9.30. The molecule has 0 bridgehead atoms. The van der Waals surface area contributed by atoms with Crippen LogP contribution in [0.1, 0.15) is 0 Å². The Morgan fingerprint density at radius 3 is 2.64 bits per heavy atom. The van der Waals surface area contributed by atoms with Gasteiger partial charge in [-0.1, -0.05) is 11.6 Å². The number of hydrogen-bond donors (Lipinski definition) is 0. The molecule has 6 heteroatoms. The molecule has 0 amide bonds. The predicted octanol–water partition coefficient (Wildman–Crippen LogP) is 2.82. The van der Waals surface area contributed by atoms with E-state index in [2.05, 4.69) is 0 Å². The summed E-state index contributed by atoms with van der Waals surface area (Å²) in [4.78, 5) is 10.7. The highest BCUT2D eigenvalue weighted by Crippen LogP contribution is 2.31. The van der Waals surface area contributed by atoms with Crippen molar-refractivity contribution >= 4 is 29.2 Å². The minimum Gasteiger partial charge on any atom is -0.258 e. The van der Waals surface area contributed by atoms with Gasteiger partial charge >= 0.3 is 0 Å². The maximum atomic E-state index is 10.5. The Morgan fingerprint density at radius 2 is 2.14 bits per heavy atom. The standard InChI is InChI=1S/C8H9ClN2O2S/c1-10(2)14-8-5-6(11(12)13)3-4-7(8)9/h3-5H,1-2H3. The van der Waals surface area contributed by atoms with Crippen molar-refractivity contribution in [3.05, 3.63) is 33.3 Å². The Labute approximate surface area is 91.1 Å². The van der Waals surface area contributed by atoms with Crippen LogP contribution < -0.4 is 0 Å². The zero-order chi connectivity index (χ0) is 10.7. The Balaban J connectivity index is 3.02. The van der Waals surface area contributed by atoms with Crippen LogP contribution in [0.3, 0.4) is 0 Å². The molecule has 0 saturated heterocycles. The van der Waals surface area contributed by atoms with Crippen LogP contribution >= 0.6 is 23.5 Å². The van der Waals surface area contributed by atoms with E-state index < -0.39 is 4.92 Å². The van der Waals surface area contributed by atoms with Crippen LogP contribution in [0.5, 0.6) is 0 Å². The van der Waals surface area contributed by atoms with Crippen LogP contribution in [-0.2, 0) is 0 Å². The molecule has 14 heavy (non-hydrogen) atoms. The fourth-order valence-electron chi connectivity index (χ4n) is 0.872. The van der Waals surface area contributed by atoms with Crippen LogP contribution in [0.2, 0.25) is 5.02 Å². The molecule has 1 aromatic rings. The summed E-state index contributed by atoms with van der Waals surface area (Å²) in [7, 11) is 3.69. The monoisotopic (exact) mass is 232 g/mol. The summed E-state index contributed by atoms with van der Waals surface area (Å²) < 4.78 is 1.82. The summed E-state index contributed by atoms with van der Waals surface area (Å²) in [6.45, 7) is 0. The SMILES string of the molecule is CN(C)Sc1cc([N+](=O)[O-])ccc1Cl. The van der Waals surface area contributed by atoms with Gasteiger partial charge in [0.2, 0.25) is 0 Å². The van der Waals surface area contributed by atoms with E-state index in [1.807, 2.05) is 18.4 Å². The molecule has 1 rings (SSSR count). The van der Waals surface area contributed by atoms with E-state index in [1.165, 1.54) is 30.1 Å². The highest BCUT2D eigenvalue weighted by molar-refractivity contribution is 7.97. The van der Waals surface area contributed by atoms with Crippen molar-refractivity contribution in [3.63, 3.8) is 0 Å². The van der Waals surface area contributed by atoms with Crippen LogP contribution in [0.4, 0.5) is 5.69 Å². The Hall–Kier alpha value is -0.780. The number of hydrogen-bond acceptors (Lipinski definition) is 4. The van der Waals surface area contributed by atoms with E-state index in [0.29, 0.717) is 9.92 Å². The number of rotatable bonds is 3. The lowest BCUT2D eigenvalue weighted by Gasteiger charge is -2.09. The van der Waals surface area contributed by atoms with Crippen molar-refractivity contribution < 1.29 is 4.92 Å². The molecule has 0 unspecified atom stereocenters. The Bertz CT molecular complexity index is 357. The normalized spacial score (nSPS) is 10.6. The first kappa shape index (κ1) is 11.3. The van der Waals surface area contributed by atoms with Crippen LogP contribution in [0, 0.1) is 10.1 Å². The maximum Gasteiger partial charge on any atom is 0.270 e. The van der Waals surface area contributed by atoms with Gasteiger partial charge in [0.1, 0.15) is 0 Å². The molecular formula is C8H9ClN2O2S. The summed E-state index contributed by atoms with van der Waals surface area (Å²) >= 11 is 7.23. The second-order valence-corrected chi connectivity index (χ2v) is 4.54. The minimum atomic E-state index is -0.434. The first-order valence-electron chi connectivity index (χ1n) is 3.80. The van der Waals surface area contributed by atoms with Gasteiger partial charge < -0.3 is 0 Å². The van der Waals surface area contributed by atoms with Crippen molar-refractivity contribution in [3.8, 4) is 0 Å². The second-order valence-electron chi connectivity index (χ2n) is 2.78. The number of non-ortho nitro benzene ring substituents is 1. The molecule has 76 valence electrons. The average Bonchev–Trinajstić information content (AvgIpc) is 2.07. The van der Waals surface area contributed by atoms with Crippen LogP contribution in [-0.4, -0.2) is 23.3 Å². The van der Waals surface area contributed by atoms with Crippen molar-refractivity contribution in [1.29, 1.82) is 0 Å². The lowest BCUT2D eigenvalue weighted by atomic mass is 10.3. The van der Waals surface area contributed by atoms with Crippen molar-refractivity contribution in [2.75, 3.05) is 14.1 Å². The lowest BCUT2D eigenvalue weighted by Crippen LogP contribution is -1.99. The molecule has 0 atom stereocenters.